The lowest BCUT2D eigenvalue weighted by atomic mass is 9.91. The van der Waals surface area contributed by atoms with E-state index in [9.17, 15) is 9.90 Å². The molecule has 1 aliphatic rings. The Balaban J connectivity index is 0.00000370. The number of aromatic nitrogens is 3. The number of carbonyl (C=O) groups is 1. The first kappa shape index (κ1) is 29.6. The number of nitrogens with zero attached hydrogens (tertiary/aromatic N) is 3. The molecule has 0 amide bonds. The molecule has 10 heteroatoms. The second-order valence-corrected chi connectivity index (χ2v) is 12.0. The van der Waals surface area contributed by atoms with E-state index in [2.05, 4.69) is 37.1 Å². The van der Waals surface area contributed by atoms with Crippen LogP contribution in [-0.4, -0.2) is 33.2 Å². The number of benzene rings is 2. The summed E-state index contributed by atoms with van der Waals surface area (Å²) in [7, 11) is 1.53. The Morgan fingerprint density at radius 2 is 1.93 bits per heavy atom. The third kappa shape index (κ3) is 6.50. The summed E-state index contributed by atoms with van der Waals surface area (Å²) in [5, 5.41) is 18.1. The van der Waals surface area contributed by atoms with Crippen LogP contribution in [0, 0.1) is 11.7 Å². The predicted octanol–water partition coefficient (Wildman–Crippen LogP) is 7.10. The molecule has 1 atom stereocenters. The van der Waals surface area contributed by atoms with Crippen molar-refractivity contribution in [1.29, 1.82) is 0 Å². The molecule has 0 radical (unpaired) electrons. The highest BCUT2D eigenvalue weighted by Crippen LogP contribution is 2.45. The zero-order valence-corrected chi connectivity index (χ0v) is 24.8. The number of thiophene rings is 1. The molecule has 2 aromatic heterocycles. The summed E-state index contributed by atoms with van der Waals surface area (Å²) in [6.45, 7) is 6.56. The molecule has 7 nitrogen and oxygen atoms in total. The van der Waals surface area contributed by atoms with Crippen molar-refractivity contribution in [3.63, 3.8) is 0 Å². The predicted molar refractivity (Wildman–Crippen MR) is 159 cm³/mol. The molecular weight excluding hydrogens is 549 g/mol. The van der Waals surface area contributed by atoms with Crippen LogP contribution in [0.25, 0.3) is 16.3 Å². The van der Waals surface area contributed by atoms with Gasteiger partial charge in [-0.2, -0.15) is 13.5 Å². The average Bonchev–Trinajstić information content (AvgIpc) is 3.45. The molecule has 1 fully saturated rings. The van der Waals surface area contributed by atoms with Crippen molar-refractivity contribution >= 4 is 30.8 Å². The SMILES string of the molecule is COc1ccc(F)c(-n2nnc(COc3cccc([C@@H](CC(=O)O)C4CC4)c3)c2-c2ccc(C(C)(C)C)s2)c1.S. The number of carboxylic acids is 1. The molecule has 0 unspecified atom stereocenters. The second kappa shape index (κ2) is 12.0. The van der Waals surface area contributed by atoms with Gasteiger partial charge in [0.05, 0.1) is 18.4 Å². The van der Waals surface area contributed by atoms with E-state index in [0.717, 1.165) is 23.3 Å². The van der Waals surface area contributed by atoms with Crippen molar-refractivity contribution in [3.05, 3.63) is 76.5 Å². The van der Waals surface area contributed by atoms with Crippen molar-refractivity contribution in [1.82, 2.24) is 15.0 Å². The molecule has 212 valence electrons. The fourth-order valence-corrected chi connectivity index (χ4v) is 5.82. The molecule has 2 aromatic carbocycles. The van der Waals surface area contributed by atoms with Gasteiger partial charge in [0.15, 0.2) is 0 Å². The van der Waals surface area contributed by atoms with E-state index in [4.69, 9.17) is 9.47 Å². The minimum atomic E-state index is -0.796. The lowest BCUT2D eigenvalue weighted by molar-refractivity contribution is -0.137. The van der Waals surface area contributed by atoms with Crippen LogP contribution in [0.2, 0.25) is 0 Å². The summed E-state index contributed by atoms with van der Waals surface area (Å²) in [5.74, 6) is 0.264. The Morgan fingerprint density at radius 3 is 2.58 bits per heavy atom. The Bertz CT molecular complexity index is 1490. The van der Waals surface area contributed by atoms with Gasteiger partial charge in [0.1, 0.15) is 41.0 Å². The minimum Gasteiger partial charge on any atom is -0.497 e. The molecule has 4 aromatic rings. The zero-order chi connectivity index (χ0) is 27.7. The number of hydrogen-bond donors (Lipinski definition) is 1. The van der Waals surface area contributed by atoms with Crippen LogP contribution in [0.5, 0.6) is 11.5 Å². The van der Waals surface area contributed by atoms with Crippen LogP contribution >= 0.6 is 24.8 Å². The first-order valence-corrected chi connectivity index (χ1v) is 13.8. The summed E-state index contributed by atoms with van der Waals surface area (Å²) < 4.78 is 28.0. The third-order valence-electron chi connectivity index (χ3n) is 6.95. The lowest BCUT2D eigenvalue weighted by Gasteiger charge is -2.16. The van der Waals surface area contributed by atoms with E-state index in [0.29, 0.717) is 28.8 Å². The van der Waals surface area contributed by atoms with Crippen LogP contribution in [0.4, 0.5) is 4.39 Å². The Kier molecular flexibility index (Phi) is 8.90. The number of methoxy groups -OCH3 is 1. The van der Waals surface area contributed by atoms with Crippen LogP contribution in [0.3, 0.4) is 0 Å². The van der Waals surface area contributed by atoms with Crippen molar-refractivity contribution < 1.29 is 23.8 Å². The second-order valence-electron chi connectivity index (χ2n) is 10.9. The van der Waals surface area contributed by atoms with E-state index in [1.165, 1.54) is 22.7 Å². The lowest BCUT2D eigenvalue weighted by Crippen LogP contribution is -2.08. The van der Waals surface area contributed by atoms with Gasteiger partial charge < -0.3 is 14.6 Å². The number of rotatable bonds is 10. The van der Waals surface area contributed by atoms with Gasteiger partial charge in [0, 0.05) is 10.9 Å². The molecule has 1 N–H and O–H groups in total. The summed E-state index contributed by atoms with van der Waals surface area (Å²) in [4.78, 5) is 13.5. The molecule has 0 spiro atoms. The van der Waals surface area contributed by atoms with Gasteiger partial charge in [-0.15, -0.1) is 16.4 Å². The van der Waals surface area contributed by atoms with Gasteiger partial charge in [0.2, 0.25) is 0 Å². The maximum absolute atomic E-state index is 15.0. The number of aliphatic carboxylic acids is 1. The molecule has 0 bridgehead atoms. The quantitative estimate of drug-likeness (QED) is 0.214. The Labute approximate surface area is 244 Å². The van der Waals surface area contributed by atoms with E-state index in [-0.39, 0.29) is 43.5 Å². The molecule has 40 heavy (non-hydrogen) atoms. The normalized spacial score (nSPS) is 13.9. The number of halogens is 1. The fraction of sp³-hybridized carbons (Fsp3) is 0.367. The highest BCUT2D eigenvalue weighted by molar-refractivity contribution is 7.59. The maximum atomic E-state index is 15.0. The Hall–Kier alpha value is -3.37. The summed E-state index contributed by atoms with van der Waals surface area (Å²) >= 11 is 1.61. The zero-order valence-electron chi connectivity index (χ0n) is 23.0. The third-order valence-corrected chi connectivity index (χ3v) is 8.47. The number of hydrogen-bond acceptors (Lipinski definition) is 6. The van der Waals surface area contributed by atoms with E-state index in [1.54, 1.807) is 23.5 Å². The molecule has 1 aliphatic carbocycles. The highest BCUT2D eigenvalue weighted by atomic mass is 32.1. The molecule has 1 saturated carbocycles. The molecule has 2 heterocycles. The largest absolute Gasteiger partial charge is 0.497 e. The fourth-order valence-electron chi connectivity index (χ4n) is 4.71. The monoisotopic (exact) mass is 583 g/mol. The van der Waals surface area contributed by atoms with E-state index < -0.39 is 11.8 Å². The number of carboxylic acid groups (broad SMARTS) is 1. The number of ether oxygens (including phenoxy) is 2. The van der Waals surface area contributed by atoms with Gasteiger partial charge >= 0.3 is 5.97 Å². The summed E-state index contributed by atoms with van der Waals surface area (Å²) in [6, 6.07) is 16.2. The van der Waals surface area contributed by atoms with Crippen LogP contribution in [0.15, 0.2) is 54.6 Å². The Morgan fingerprint density at radius 1 is 1.15 bits per heavy atom. The summed E-state index contributed by atoms with van der Waals surface area (Å²) in [6.07, 6.45) is 2.20. The van der Waals surface area contributed by atoms with Gasteiger partial charge in [-0.3, -0.25) is 4.79 Å². The van der Waals surface area contributed by atoms with E-state index in [1.807, 2.05) is 30.3 Å². The highest BCUT2D eigenvalue weighted by Gasteiger charge is 2.34. The molecule has 0 aliphatic heterocycles. The summed E-state index contributed by atoms with van der Waals surface area (Å²) in [5.41, 5.74) is 2.37. The van der Waals surface area contributed by atoms with Gasteiger partial charge in [-0.25, -0.2) is 9.07 Å². The maximum Gasteiger partial charge on any atom is 0.303 e. The van der Waals surface area contributed by atoms with Crippen molar-refractivity contribution in [2.24, 2.45) is 5.92 Å². The first-order valence-electron chi connectivity index (χ1n) is 13.0. The van der Waals surface area contributed by atoms with Crippen molar-refractivity contribution in [3.8, 4) is 27.8 Å². The topological polar surface area (TPSA) is 86.5 Å². The van der Waals surface area contributed by atoms with Crippen LogP contribution in [0.1, 0.15) is 62.1 Å². The van der Waals surface area contributed by atoms with Crippen molar-refractivity contribution in [2.75, 3.05) is 7.11 Å². The van der Waals surface area contributed by atoms with Crippen LogP contribution < -0.4 is 9.47 Å². The van der Waals surface area contributed by atoms with Crippen LogP contribution in [-0.2, 0) is 16.8 Å². The molecule has 5 rings (SSSR count). The standard InChI is InChI=1S/C30H32FN3O4S.H2S/c1-30(2,3)27-13-12-26(39-27)29-24(32-33-34(29)25-15-20(37-4)10-11-23(25)31)17-38-21-7-5-6-19(14-21)22(16-28(35)36)18-8-9-18;/h5-7,10-15,18,22H,8-9,16-17H2,1-4H3,(H,35,36);1H2/t22-;/m0./s1. The smallest absolute Gasteiger partial charge is 0.303 e. The van der Waals surface area contributed by atoms with Gasteiger partial charge in [-0.05, 0) is 72.1 Å². The molecule has 0 saturated heterocycles. The molecular formula is C30H34FN3O4S2. The van der Waals surface area contributed by atoms with Gasteiger partial charge in [0.25, 0.3) is 0 Å². The van der Waals surface area contributed by atoms with E-state index >= 15 is 4.39 Å². The first-order chi connectivity index (χ1) is 18.6. The van der Waals surface area contributed by atoms with Crippen molar-refractivity contribution in [2.45, 2.75) is 58.0 Å². The average molecular weight is 584 g/mol. The van der Waals surface area contributed by atoms with Gasteiger partial charge in [-0.1, -0.05) is 38.1 Å². The minimum absolute atomic E-state index is 0.